The Morgan fingerprint density at radius 1 is 1.00 bits per heavy atom. The first kappa shape index (κ1) is 20.9. The second-order valence-electron chi connectivity index (χ2n) is 7.54. The zero-order valence-electron chi connectivity index (χ0n) is 17.8. The van der Waals surface area contributed by atoms with Crippen LogP contribution in [0.3, 0.4) is 0 Å². The van der Waals surface area contributed by atoms with Crippen molar-refractivity contribution >= 4 is 28.2 Å². The lowest BCUT2D eigenvalue weighted by atomic mass is 10.3. The van der Waals surface area contributed by atoms with Crippen molar-refractivity contribution in [1.82, 2.24) is 25.1 Å². The molecule has 4 heterocycles. The van der Waals surface area contributed by atoms with Crippen molar-refractivity contribution in [1.29, 1.82) is 0 Å². The highest BCUT2D eigenvalue weighted by Gasteiger charge is 2.21. The van der Waals surface area contributed by atoms with E-state index in [9.17, 15) is 0 Å². The Bertz CT molecular complexity index is 766. The summed E-state index contributed by atoms with van der Waals surface area (Å²) in [6.07, 6.45) is 3.62. The number of anilines is 2. The second-order valence-corrected chi connectivity index (χ2v) is 8.46. The molecular formula is C21H32N8S. The van der Waals surface area contributed by atoms with E-state index in [-0.39, 0.29) is 0 Å². The zero-order chi connectivity index (χ0) is 20.6. The minimum absolute atomic E-state index is 0.829. The topological polar surface area (TPSA) is 63.1 Å². The van der Waals surface area contributed by atoms with Gasteiger partial charge in [0.2, 0.25) is 5.95 Å². The molecule has 8 nitrogen and oxygen atoms in total. The summed E-state index contributed by atoms with van der Waals surface area (Å²) < 4.78 is 0. The summed E-state index contributed by atoms with van der Waals surface area (Å²) in [7, 11) is 0. The van der Waals surface area contributed by atoms with E-state index in [2.05, 4.69) is 59.3 Å². The normalized spacial score (nSPS) is 18.7. The van der Waals surface area contributed by atoms with E-state index in [0.717, 1.165) is 83.9 Å². The van der Waals surface area contributed by atoms with Crippen LogP contribution in [-0.4, -0.2) is 97.7 Å². The van der Waals surface area contributed by atoms with Crippen molar-refractivity contribution in [2.24, 2.45) is 4.99 Å². The summed E-state index contributed by atoms with van der Waals surface area (Å²) in [6.45, 7) is 13.0. The Kier molecular flexibility index (Phi) is 7.36. The first-order valence-corrected chi connectivity index (χ1v) is 11.8. The highest BCUT2D eigenvalue weighted by Crippen LogP contribution is 2.22. The summed E-state index contributed by atoms with van der Waals surface area (Å²) in [5.74, 6) is 1.89. The van der Waals surface area contributed by atoms with Gasteiger partial charge in [0.1, 0.15) is 0 Å². The lowest BCUT2D eigenvalue weighted by Crippen LogP contribution is -2.52. The molecule has 4 rings (SSSR count). The first-order valence-electron chi connectivity index (χ1n) is 10.9. The smallest absolute Gasteiger partial charge is 0.225 e. The number of guanidine groups is 1. The molecule has 30 heavy (non-hydrogen) atoms. The predicted octanol–water partition coefficient (Wildman–Crippen LogP) is 1.45. The maximum atomic E-state index is 4.93. The highest BCUT2D eigenvalue weighted by atomic mass is 32.1. The summed E-state index contributed by atoms with van der Waals surface area (Å²) in [6, 6.07) is 6.20. The molecule has 2 aliphatic rings. The van der Waals surface area contributed by atoms with Crippen LogP contribution >= 0.6 is 11.3 Å². The SMILES string of the molecule is CCNC(=NCCN1CCN(c2ncccn2)CC1)N1CCN(c2cccs2)CC1. The van der Waals surface area contributed by atoms with Gasteiger partial charge in [-0.3, -0.25) is 9.89 Å². The van der Waals surface area contributed by atoms with Crippen LogP contribution in [0, 0.1) is 0 Å². The summed E-state index contributed by atoms with van der Waals surface area (Å²) in [4.78, 5) is 23.3. The molecule has 0 spiro atoms. The third-order valence-electron chi connectivity index (χ3n) is 5.62. The number of aromatic nitrogens is 2. The van der Waals surface area contributed by atoms with Gasteiger partial charge in [-0.1, -0.05) is 0 Å². The molecule has 0 radical (unpaired) electrons. The molecule has 0 unspecified atom stereocenters. The second kappa shape index (κ2) is 10.6. The lowest BCUT2D eigenvalue weighted by molar-refractivity contribution is 0.263. The molecule has 162 valence electrons. The number of hydrogen-bond donors (Lipinski definition) is 1. The number of nitrogens with one attached hydrogen (secondary N) is 1. The van der Waals surface area contributed by atoms with E-state index in [1.807, 2.05) is 29.8 Å². The van der Waals surface area contributed by atoms with E-state index in [1.165, 1.54) is 5.00 Å². The number of nitrogens with zero attached hydrogens (tertiary/aromatic N) is 7. The molecule has 2 fully saturated rings. The molecular weight excluding hydrogens is 396 g/mol. The minimum atomic E-state index is 0.829. The van der Waals surface area contributed by atoms with Crippen LogP contribution in [0.4, 0.5) is 10.9 Å². The van der Waals surface area contributed by atoms with Crippen molar-refractivity contribution < 1.29 is 0 Å². The fourth-order valence-electron chi connectivity index (χ4n) is 3.94. The third kappa shape index (κ3) is 5.40. The summed E-state index contributed by atoms with van der Waals surface area (Å²) in [5, 5.41) is 7.01. The van der Waals surface area contributed by atoms with E-state index in [0.29, 0.717) is 0 Å². The van der Waals surface area contributed by atoms with Gasteiger partial charge in [-0.25, -0.2) is 9.97 Å². The first-order chi connectivity index (χ1) is 14.8. The predicted molar refractivity (Wildman–Crippen MR) is 125 cm³/mol. The molecule has 0 bridgehead atoms. The molecule has 0 aromatic carbocycles. The van der Waals surface area contributed by atoms with Crippen molar-refractivity contribution in [3.05, 3.63) is 36.0 Å². The average Bonchev–Trinajstić information content (AvgIpc) is 3.35. The molecule has 2 saturated heterocycles. The van der Waals surface area contributed by atoms with Gasteiger partial charge in [-0.15, -0.1) is 11.3 Å². The molecule has 2 aromatic rings. The van der Waals surface area contributed by atoms with Crippen LogP contribution in [-0.2, 0) is 0 Å². The van der Waals surface area contributed by atoms with Crippen molar-refractivity contribution in [3.8, 4) is 0 Å². The zero-order valence-corrected chi connectivity index (χ0v) is 18.6. The molecule has 9 heteroatoms. The molecule has 0 amide bonds. The summed E-state index contributed by atoms with van der Waals surface area (Å²) in [5.41, 5.74) is 0. The third-order valence-corrected chi connectivity index (χ3v) is 6.55. The number of hydrogen-bond acceptors (Lipinski definition) is 7. The van der Waals surface area contributed by atoms with E-state index >= 15 is 0 Å². The average molecular weight is 429 g/mol. The molecule has 0 atom stereocenters. The maximum Gasteiger partial charge on any atom is 0.225 e. The van der Waals surface area contributed by atoms with E-state index in [1.54, 1.807) is 0 Å². The van der Waals surface area contributed by atoms with Gasteiger partial charge in [0.25, 0.3) is 0 Å². The highest BCUT2D eigenvalue weighted by molar-refractivity contribution is 7.14. The molecule has 2 aromatic heterocycles. The Morgan fingerprint density at radius 2 is 1.73 bits per heavy atom. The Balaban J connectivity index is 1.23. The van der Waals surface area contributed by atoms with Crippen molar-refractivity contribution in [2.75, 3.05) is 81.8 Å². The molecule has 2 aliphatic heterocycles. The molecule has 1 N–H and O–H groups in total. The van der Waals surface area contributed by atoms with Gasteiger partial charge in [0.15, 0.2) is 5.96 Å². The maximum absolute atomic E-state index is 4.93. The molecule has 0 aliphatic carbocycles. The van der Waals surface area contributed by atoms with Crippen LogP contribution in [0.15, 0.2) is 41.0 Å². The Hall–Kier alpha value is -2.39. The van der Waals surface area contributed by atoms with Gasteiger partial charge >= 0.3 is 0 Å². The largest absolute Gasteiger partial charge is 0.360 e. The van der Waals surface area contributed by atoms with Gasteiger partial charge in [0.05, 0.1) is 11.5 Å². The number of thiophene rings is 1. The number of rotatable bonds is 6. The van der Waals surface area contributed by atoms with Gasteiger partial charge in [-0.2, -0.15) is 0 Å². The number of piperazine rings is 2. The van der Waals surface area contributed by atoms with Crippen LogP contribution < -0.4 is 15.1 Å². The number of aliphatic imine (C=N–C) groups is 1. The fraction of sp³-hybridized carbons (Fsp3) is 0.571. The standard InChI is InChI=1S/C21H32N8S/c1-2-22-20(29-16-14-27(15-17-29)19-5-3-18-30-19)25-8-9-26-10-12-28(13-11-26)21-23-6-4-7-24-21/h3-7,18H,2,8-17H2,1H3,(H,22,25). The molecule has 0 saturated carbocycles. The fourth-order valence-corrected chi connectivity index (χ4v) is 4.72. The minimum Gasteiger partial charge on any atom is -0.360 e. The Labute approximate surface area is 183 Å². The van der Waals surface area contributed by atoms with Crippen LogP contribution in [0.25, 0.3) is 0 Å². The van der Waals surface area contributed by atoms with Crippen molar-refractivity contribution in [2.45, 2.75) is 6.92 Å². The van der Waals surface area contributed by atoms with Gasteiger partial charge in [-0.05, 0) is 30.5 Å². The monoisotopic (exact) mass is 428 g/mol. The quantitative estimate of drug-likeness (QED) is 0.552. The van der Waals surface area contributed by atoms with Gasteiger partial charge < -0.3 is 20.0 Å². The lowest BCUT2D eigenvalue weighted by Gasteiger charge is -2.37. The van der Waals surface area contributed by atoms with Crippen molar-refractivity contribution in [3.63, 3.8) is 0 Å². The van der Waals surface area contributed by atoms with E-state index in [4.69, 9.17) is 4.99 Å². The van der Waals surface area contributed by atoms with Crippen LogP contribution in [0.2, 0.25) is 0 Å². The van der Waals surface area contributed by atoms with Gasteiger partial charge in [0, 0.05) is 77.8 Å². The Morgan fingerprint density at radius 3 is 2.40 bits per heavy atom. The van der Waals surface area contributed by atoms with Crippen LogP contribution in [0.5, 0.6) is 0 Å². The van der Waals surface area contributed by atoms with Crippen LogP contribution in [0.1, 0.15) is 6.92 Å². The summed E-state index contributed by atoms with van der Waals surface area (Å²) >= 11 is 1.82. The van der Waals surface area contributed by atoms with E-state index < -0.39 is 0 Å².